The summed E-state index contributed by atoms with van der Waals surface area (Å²) < 4.78 is 1.07. The van der Waals surface area contributed by atoms with Gasteiger partial charge < -0.3 is 10.4 Å². The number of hydrogen-bond donors (Lipinski definition) is 2. The molecule has 0 spiro atoms. The lowest BCUT2D eigenvalue weighted by Gasteiger charge is -2.43. The van der Waals surface area contributed by atoms with Gasteiger partial charge in [0.25, 0.3) is 0 Å². The van der Waals surface area contributed by atoms with Gasteiger partial charge in [-0.1, -0.05) is 35.8 Å². The topological polar surface area (TPSA) is 32.3 Å². The van der Waals surface area contributed by atoms with Crippen LogP contribution in [-0.4, -0.2) is 17.3 Å². The van der Waals surface area contributed by atoms with Crippen molar-refractivity contribution in [1.82, 2.24) is 0 Å². The number of aliphatic hydroxyl groups excluding tert-OH is 1. The molecule has 18 heavy (non-hydrogen) atoms. The standard InChI is InChI=1S/C15H22BrNO/c1-11-6-7-15(10-18,9-12(11)2)17-14-5-3-4-13(16)8-14/h3-5,8,11-12,17-18H,6-7,9-10H2,1-2H3. The maximum atomic E-state index is 9.80. The van der Waals surface area contributed by atoms with E-state index in [2.05, 4.69) is 47.2 Å². The van der Waals surface area contributed by atoms with Crippen LogP contribution in [0.15, 0.2) is 28.7 Å². The second-order valence-electron chi connectivity index (χ2n) is 5.77. The van der Waals surface area contributed by atoms with Gasteiger partial charge >= 0.3 is 0 Å². The van der Waals surface area contributed by atoms with Crippen LogP contribution in [0.5, 0.6) is 0 Å². The first-order valence-electron chi connectivity index (χ1n) is 6.69. The summed E-state index contributed by atoms with van der Waals surface area (Å²) in [7, 11) is 0. The summed E-state index contributed by atoms with van der Waals surface area (Å²) in [4.78, 5) is 0. The molecule has 0 heterocycles. The lowest BCUT2D eigenvalue weighted by atomic mass is 9.71. The monoisotopic (exact) mass is 311 g/mol. The summed E-state index contributed by atoms with van der Waals surface area (Å²) in [5.74, 6) is 1.42. The van der Waals surface area contributed by atoms with Gasteiger partial charge in [-0.2, -0.15) is 0 Å². The molecule has 3 atom stereocenters. The molecule has 1 aromatic carbocycles. The molecule has 1 saturated carbocycles. The van der Waals surface area contributed by atoms with Gasteiger partial charge in [0.2, 0.25) is 0 Å². The fourth-order valence-corrected chi connectivity index (χ4v) is 3.28. The molecule has 1 aromatic rings. The number of anilines is 1. The van der Waals surface area contributed by atoms with Crippen LogP contribution >= 0.6 is 15.9 Å². The highest BCUT2D eigenvalue weighted by Gasteiger charge is 2.37. The zero-order valence-corrected chi connectivity index (χ0v) is 12.7. The van der Waals surface area contributed by atoms with Crippen molar-refractivity contribution in [3.63, 3.8) is 0 Å². The smallest absolute Gasteiger partial charge is 0.0661 e. The Bertz CT molecular complexity index is 409. The molecule has 0 aromatic heterocycles. The summed E-state index contributed by atoms with van der Waals surface area (Å²) in [5, 5.41) is 13.4. The van der Waals surface area contributed by atoms with Crippen molar-refractivity contribution in [2.24, 2.45) is 11.8 Å². The van der Waals surface area contributed by atoms with E-state index in [9.17, 15) is 5.11 Å². The van der Waals surface area contributed by atoms with Crippen molar-refractivity contribution >= 4 is 21.6 Å². The van der Waals surface area contributed by atoms with E-state index < -0.39 is 0 Å². The Morgan fingerprint density at radius 3 is 2.78 bits per heavy atom. The SMILES string of the molecule is CC1CCC(CO)(Nc2cccc(Br)c2)CC1C. The Labute approximate surface area is 118 Å². The number of hydrogen-bond acceptors (Lipinski definition) is 2. The molecule has 3 heteroatoms. The molecule has 2 rings (SSSR count). The Morgan fingerprint density at radius 2 is 2.17 bits per heavy atom. The van der Waals surface area contributed by atoms with Crippen LogP contribution in [0.25, 0.3) is 0 Å². The Hall–Kier alpha value is -0.540. The lowest BCUT2D eigenvalue weighted by Crippen LogP contribution is -2.47. The Morgan fingerprint density at radius 1 is 1.39 bits per heavy atom. The van der Waals surface area contributed by atoms with E-state index in [1.54, 1.807) is 0 Å². The summed E-state index contributed by atoms with van der Waals surface area (Å²) in [5.41, 5.74) is 0.937. The first-order valence-corrected chi connectivity index (χ1v) is 7.48. The molecular weight excluding hydrogens is 290 g/mol. The molecule has 2 nitrogen and oxygen atoms in total. The minimum Gasteiger partial charge on any atom is -0.394 e. The van der Waals surface area contributed by atoms with Crippen molar-refractivity contribution in [2.45, 2.75) is 38.6 Å². The number of benzene rings is 1. The van der Waals surface area contributed by atoms with Gasteiger partial charge in [-0.25, -0.2) is 0 Å². The molecule has 2 N–H and O–H groups in total. The normalized spacial score (nSPS) is 32.2. The van der Waals surface area contributed by atoms with Gasteiger partial charge in [-0.15, -0.1) is 0 Å². The molecule has 100 valence electrons. The second-order valence-corrected chi connectivity index (χ2v) is 6.69. The third-order valence-corrected chi connectivity index (χ3v) is 4.79. The fourth-order valence-electron chi connectivity index (χ4n) is 2.88. The summed E-state index contributed by atoms with van der Waals surface area (Å²) in [6.07, 6.45) is 3.27. The van der Waals surface area contributed by atoms with Crippen LogP contribution in [0.2, 0.25) is 0 Å². The van der Waals surface area contributed by atoms with E-state index in [4.69, 9.17) is 0 Å². The van der Waals surface area contributed by atoms with E-state index in [0.29, 0.717) is 5.92 Å². The first kappa shape index (κ1) is 13.9. The zero-order chi connectivity index (χ0) is 13.2. The molecule has 3 unspecified atom stereocenters. The summed E-state index contributed by atoms with van der Waals surface area (Å²) in [6.45, 7) is 4.80. The van der Waals surface area contributed by atoms with Crippen molar-refractivity contribution in [1.29, 1.82) is 0 Å². The molecule has 0 bridgehead atoms. The predicted molar refractivity (Wildman–Crippen MR) is 79.8 cm³/mol. The fraction of sp³-hybridized carbons (Fsp3) is 0.600. The zero-order valence-electron chi connectivity index (χ0n) is 11.1. The van der Waals surface area contributed by atoms with Crippen molar-refractivity contribution < 1.29 is 5.11 Å². The number of rotatable bonds is 3. The van der Waals surface area contributed by atoms with Crippen LogP contribution in [0, 0.1) is 11.8 Å². The number of halogens is 1. The molecule has 0 amide bonds. The summed E-state index contributed by atoms with van der Waals surface area (Å²) in [6, 6.07) is 8.17. The van der Waals surface area contributed by atoms with Crippen molar-refractivity contribution in [2.75, 3.05) is 11.9 Å². The minimum absolute atomic E-state index is 0.146. The average Bonchev–Trinajstić information content (AvgIpc) is 2.34. The van der Waals surface area contributed by atoms with Crippen LogP contribution in [0.1, 0.15) is 33.1 Å². The Balaban J connectivity index is 2.13. The van der Waals surface area contributed by atoms with E-state index in [0.717, 1.165) is 28.9 Å². The number of aliphatic hydroxyl groups is 1. The van der Waals surface area contributed by atoms with Gasteiger partial charge in [0.15, 0.2) is 0 Å². The molecule has 0 saturated heterocycles. The highest BCUT2D eigenvalue weighted by Crippen LogP contribution is 2.38. The molecular formula is C15H22BrNO. The van der Waals surface area contributed by atoms with Gasteiger partial charge in [0.05, 0.1) is 12.1 Å². The Kier molecular flexibility index (Phi) is 4.33. The van der Waals surface area contributed by atoms with E-state index in [1.807, 2.05) is 12.1 Å². The first-order chi connectivity index (χ1) is 8.54. The van der Waals surface area contributed by atoms with Crippen molar-refractivity contribution in [3.05, 3.63) is 28.7 Å². The quantitative estimate of drug-likeness (QED) is 0.882. The van der Waals surface area contributed by atoms with E-state index >= 15 is 0 Å². The third kappa shape index (κ3) is 3.07. The lowest BCUT2D eigenvalue weighted by molar-refractivity contribution is 0.121. The highest BCUT2D eigenvalue weighted by molar-refractivity contribution is 9.10. The summed E-state index contributed by atoms with van der Waals surface area (Å²) >= 11 is 3.49. The number of nitrogens with one attached hydrogen (secondary N) is 1. The van der Waals surface area contributed by atoms with Gasteiger partial charge in [-0.05, 0) is 49.3 Å². The molecule has 0 aliphatic heterocycles. The van der Waals surface area contributed by atoms with Gasteiger partial charge in [0.1, 0.15) is 0 Å². The predicted octanol–water partition coefficient (Wildman–Crippen LogP) is 4.05. The molecule has 1 aliphatic carbocycles. The van der Waals surface area contributed by atoms with Crippen LogP contribution in [0.4, 0.5) is 5.69 Å². The maximum absolute atomic E-state index is 9.80. The largest absolute Gasteiger partial charge is 0.394 e. The molecule has 1 aliphatic rings. The molecule has 1 fully saturated rings. The van der Waals surface area contributed by atoms with E-state index in [1.165, 1.54) is 6.42 Å². The third-order valence-electron chi connectivity index (χ3n) is 4.30. The van der Waals surface area contributed by atoms with Crippen LogP contribution < -0.4 is 5.32 Å². The molecule has 0 radical (unpaired) electrons. The highest BCUT2D eigenvalue weighted by atomic mass is 79.9. The van der Waals surface area contributed by atoms with Crippen LogP contribution in [0.3, 0.4) is 0 Å². The minimum atomic E-state index is -0.146. The van der Waals surface area contributed by atoms with Crippen LogP contribution in [-0.2, 0) is 0 Å². The average molecular weight is 312 g/mol. The van der Waals surface area contributed by atoms with Gasteiger partial charge in [-0.3, -0.25) is 0 Å². The van der Waals surface area contributed by atoms with Crippen molar-refractivity contribution in [3.8, 4) is 0 Å². The van der Waals surface area contributed by atoms with Gasteiger partial charge in [0, 0.05) is 10.2 Å². The maximum Gasteiger partial charge on any atom is 0.0661 e. The van der Waals surface area contributed by atoms with E-state index in [-0.39, 0.29) is 12.1 Å². The second kappa shape index (κ2) is 5.62.